The Morgan fingerprint density at radius 1 is 1.30 bits per heavy atom. The highest BCUT2D eigenvalue weighted by atomic mass is 19.4. The van der Waals surface area contributed by atoms with Crippen LogP contribution in [-0.4, -0.2) is 21.0 Å². The molecule has 106 valence electrons. The first kappa shape index (κ1) is 13.1. The SMILES string of the molecule is FC(F)(F)c1cccc(-n2cc(CNC3CC3)nn2)c1. The lowest BCUT2D eigenvalue weighted by atomic mass is 10.2. The second kappa shape index (κ2) is 4.90. The van der Waals surface area contributed by atoms with Gasteiger partial charge in [-0.15, -0.1) is 5.10 Å². The third-order valence-corrected chi connectivity index (χ3v) is 3.13. The van der Waals surface area contributed by atoms with Crippen LogP contribution in [0.3, 0.4) is 0 Å². The first-order chi connectivity index (χ1) is 9.52. The summed E-state index contributed by atoms with van der Waals surface area (Å²) in [5, 5.41) is 11.1. The maximum Gasteiger partial charge on any atom is 0.416 e. The Morgan fingerprint density at radius 2 is 2.10 bits per heavy atom. The van der Waals surface area contributed by atoms with Crippen molar-refractivity contribution in [1.29, 1.82) is 0 Å². The van der Waals surface area contributed by atoms with Gasteiger partial charge in [-0.2, -0.15) is 13.2 Å². The Labute approximate surface area is 113 Å². The molecule has 1 aliphatic rings. The Balaban J connectivity index is 1.78. The van der Waals surface area contributed by atoms with Crippen LogP contribution in [0.2, 0.25) is 0 Å². The van der Waals surface area contributed by atoms with E-state index >= 15 is 0 Å². The monoisotopic (exact) mass is 282 g/mol. The fourth-order valence-corrected chi connectivity index (χ4v) is 1.87. The van der Waals surface area contributed by atoms with Gasteiger partial charge >= 0.3 is 6.18 Å². The molecule has 20 heavy (non-hydrogen) atoms. The Kier molecular flexibility index (Phi) is 3.21. The third kappa shape index (κ3) is 2.98. The number of nitrogens with one attached hydrogen (secondary N) is 1. The maximum atomic E-state index is 12.7. The van der Waals surface area contributed by atoms with E-state index in [1.807, 2.05) is 0 Å². The van der Waals surface area contributed by atoms with Crippen molar-refractivity contribution in [2.75, 3.05) is 0 Å². The van der Waals surface area contributed by atoms with E-state index in [2.05, 4.69) is 15.6 Å². The van der Waals surface area contributed by atoms with Crippen molar-refractivity contribution in [3.8, 4) is 5.69 Å². The zero-order valence-electron chi connectivity index (χ0n) is 10.6. The lowest BCUT2D eigenvalue weighted by Gasteiger charge is -2.08. The number of benzene rings is 1. The quantitative estimate of drug-likeness (QED) is 0.937. The number of nitrogens with zero attached hydrogens (tertiary/aromatic N) is 3. The van der Waals surface area contributed by atoms with Gasteiger partial charge in [0.1, 0.15) is 0 Å². The molecule has 0 spiro atoms. The largest absolute Gasteiger partial charge is 0.416 e. The molecule has 7 heteroatoms. The zero-order valence-corrected chi connectivity index (χ0v) is 10.6. The van der Waals surface area contributed by atoms with Gasteiger partial charge in [-0.05, 0) is 31.0 Å². The highest BCUT2D eigenvalue weighted by Crippen LogP contribution is 2.30. The Hall–Kier alpha value is -1.89. The number of hydrogen-bond acceptors (Lipinski definition) is 3. The van der Waals surface area contributed by atoms with Crippen LogP contribution in [0.4, 0.5) is 13.2 Å². The molecule has 4 nitrogen and oxygen atoms in total. The van der Waals surface area contributed by atoms with Crippen LogP contribution in [0, 0.1) is 0 Å². The summed E-state index contributed by atoms with van der Waals surface area (Å²) in [7, 11) is 0. The number of rotatable bonds is 4. The molecule has 1 aliphatic carbocycles. The molecule has 0 bridgehead atoms. The molecule has 0 atom stereocenters. The molecule has 1 heterocycles. The molecule has 0 aliphatic heterocycles. The fourth-order valence-electron chi connectivity index (χ4n) is 1.87. The number of hydrogen-bond donors (Lipinski definition) is 1. The van der Waals surface area contributed by atoms with E-state index in [9.17, 15) is 13.2 Å². The minimum absolute atomic E-state index is 0.352. The van der Waals surface area contributed by atoms with Gasteiger partial charge in [0.15, 0.2) is 0 Å². The van der Waals surface area contributed by atoms with E-state index in [-0.39, 0.29) is 0 Å². The molecule has 0 saturated heterocycles. The van der Waals surface area contributed by atoms with Crippen molar-refractivity contribution in [1.82, 2.24) is 20.3 Å². The molecule has 1 aromatic heterocycles. The summed E-state index contributed by atoms with van der Waals surface area (Å²) in [6.07, 6.45) is -0.374. The van der Waals surface area contributed by atoms with Crippen LogP contribution >= 0.6 is 0 Å². The summed E-state index contributed by atoms with van der Waals surface area (Å²) in [5.41, 5.74) is 0.377. The lowest BCUT2D eigenvalue weighted by Crippen LogP contribution is -2.15. The van der Waals surface area contributed by atoms with Crippen molar-refractivity contribution in [2.24, 2.45) is 0 Å². The summed E-state index contributed by atoms with van der Waals surface area (Å²) >= 11 is 0. The van der Waals surface area contributed by atoms with Crippen LogP contribution in [0.5, 0.6) is 0 Å². The van der Waals surface area contributed by atoms with Gasteiger partial charge in [-0.3, -0.25) is 0 Å². The average molecular weight is 282 g/mol. The van der Waals surface area contributed by atoms with Gasteiger partial charge in [0, 0.05) is 12.6 Å². The van der Waals surface area contributed by atoms with E-state index in [1.54, 1.807) is 12.3 Å². The topological polar surface area (TPSA) is 42.7 Å². The molecule has 3 rings (SSSR count). The van der Waals surface area contributed by atoms with Crippen molar-refractivity contribution in [2.45, 2.75) is 31.6 Å². The van der Waals surface area contributed by atoms with Crippen LogP contribution in [0.1, 0.15) is 24.1 Å². The van der Waals surface area contributed by atoms with Crippen molar-refractivity contribution in [3.05, 3.63) is 41.7 Å². The van der Waals surface area contributed by atoms with Gasteiger partial charge < -0.3 is 5.32 Å². The highest BCUT2D eigenvalue weighted by molar-refractivity contribution is 5.36. The average Bonchev–Trinajstić information content (AvgIpc) is 3.12. The fraction of sp³-hybridized carbons (Fsp3) is 0.385. The van der Waals surface area contributed by atoms with Gasteiger partial charge in [-0.1, -0.05) is 11.3 Å². The molecule has 1 fully saturated rings. The van der Waals surface area contributed by atoms with Crippen LogP contribution in [0.25, 0.3) is 5.69 Å². The first-order valence-corrected chi connectivity index (χ1v) is 6.34. The lowest BCUT2D eigenvalue weighted by molar-refractivity contribution is -0.137. The molecule has 2 aromatic rings. The van der Waals surface area contributed by atoms with Crippen LogP contribution < -0.4 is 5.32 Å². The van der Waals surface area contributed by atoms with Crippen molar-refractivity contribution >= 4 is 0 Å². The molecule has 0 radical (unpaired) electrons. The second-order valence-electron chi connectivity index (χ2n) is 4.86. The number of aromatic nitrogens is 3. The van der Waals surface area contributed by atoms with E-state index in [0.29, 0.717) is 24.0 Å². The highest BCUT2D eigenvalue weighted by Gasteiger charge is 2.30. The maximum absolute atomic E-state index is 12.7. The van der Waals surface area contributed by atoms with E-state index in [4.69, 9.17) is 0 Å². The molecule has 1 aromatic carbocycles. The molecular formula is C13H13F3N4. The standard InChI is InChI=1S/C13H13F3N4/c14-13(15,16)9-2-1-3-12(6-9)20-8-11(18-19-20)7-17-10-4-5-10/h1-3,6,8,10,17H,4-5,7H2. The molecular weight excluding hydrogens is 269 g/mol. The van der Waals surface area contributed by atoms with Gasteiger partial charge in [0.25, 0.3) is 0 Å². The minimum atomic E-state index is -4.35. The van der Waals surface area contributed by atoms with Crippen molar-refractivity contribution in [3.63, 3.8) is 0 Å². The smallest absolute Gasteiger partial charge is 0.308 e. The van der Waals surface area contributed by atoms with E-state index < -0.39 is 11.7 Å². The van der Waals surface area contributed by atoms with Gasteiger partial charge in [0.05, 0.1) is 23.1 Å². The summed E-state index contributed by atoms with van der Waals surface area (Å²) in [6, 6.07) is 5.58. The van der Waals surface area contributed by atoms with Gasteiger partial charge in [0.2, 0.25) is 0 Å². The summed E-state index contributed by atoms with van der Waals surface area (Å²) in [4.78, 5) is 0. The van der Waals surface area contributed by atoms with Crippen LogP contribution in [-0.2, 0) is 12.7 Å². The van der Waals surface area contributed by atoms with E-state index in [0.717, 1.165) is 12.1 Å². The third-order valence-electron chi connectivity index (χ3n) is 3.13. The minimum Gasteiger partial charge on any atom is -0.308 e. The van der Waals surface area contributed by atoms with Gasteiger partial charge in [-0.25, -0.2) is 4.68 Å². The normalized spacial score (nSPS) is 15.6. The zero-order chi connectivity index (χ0) is 14.2. The molecule has 0 unspecified atom stereocenters. The predicted molar refractivity (Wildman–Crippen MR) is 66.2 cm³/mol. The summed E-state index contributed by atoms with van der Waals surface area (Å²) in [5.74, 6) is 0. The Morgan fingerprint density at radius 3 is 2.80 bits per heavy atom. The number of halogens is 3. The Bertz CT molecular complexity index is 602. The first-order valence-electron chi connectivity index (χ1n) is 6.34. The number of alkyl halides is 3. The second-order valence-corrected chi connectivity index (χ2v) is 4.86. The summed E-state index contributed by atoms with van der Waals surface area (Å²) in [6.45, 7) is 0.587. The van der Waals surface area contributed by atoms with Crippen molar-refractivity contribution < 1.29 is 13.2 Å². The molecule has 0 amide bonds. The molecule has 1 N–H and O–H groups in total. The van der Waals surface area contributed by atoms with Crippen LogP contribution in [0.15, 0.2) is 30.5 Å². The van der Waals surface area contributed by atoms with E-state index in [1.165, 1.54) is 23.6 Å². The molecule has 1 saturated carbocycles. The predicted octanol–water partition coefficient (Wildman–Crippen LogP) is 2.54. The summed E-state index contributed by atoms with van der Waals surface area (Å²) < 4.78 is 39.3.